The van der Waals surface area contributed by atoms with Gasteiger partial charge >= 0.3 is 6.09 Å². The Kier molecular flexibility index (Phi) is 9.44. The molecule has 2 amide bonds. The Balaban J connectivity index is 0.00000186. The molecule has 8 unspecified atom stereocenters. The summed E-state index contributed by atoms with van der Waals surface area (Å²) in [5.41, 5.74) is 0.377. The predicted molar refractivity (Wildman–Crippen MR) is 148 cm³/mol. The highest BCUT2D eigenvalue weighted by Gasteiger charge is 2.63. The highest BCUT2D eigenvalue weighted by molar-refractivity contribution is 5.83. The standard InChI is InChI=1S/C29H48N2O4.C2H6/c1-18(8-11-25(33)30(4)5)21-9-10-22-26-23(13-15-29(21,22)3)28(2)14-12-20(35-27(34)31(6)7)16-19(28)17-24(26)32;1-2/h18-23,26H,8-17H2,1-7H3;1-2H3/t18?,19?,20-,21?,22?,23?,26?,28?,29?;/m1./s1. The molecular weight excluding hydrogens is 464 g/mol. The van der Waals surface area contributed by atoms with Crippen LogP contribution in [-0.4, -0.2) is 61.9 Å². The summed E-state index contributed by atoms with van der Waals surface area (Å²) in [5.74, 6) is 3.25. The average molecular weight is 519 g/mol. The zero-order chi connectivity index (χ0) is 27.7. The predicted octanol–water partition coefficient (Wildman–Crippen LogP) is 6.42. The number of rotatable bonds is 5. The van der Waals surface area contributed by atoms with Crippen LogP contribution in [-0.2, 0) is 14.3 Å². The molecule has 4 fully saturated rings. The van der Waals surface area contributed by atoms with Crippen molar-refractivity contribution < 1.29 is 19.1 Å². The fourth-order valence-electron chi connectivity index (χ4n) is 9.00. The van der Waals surface area contributed by atoms with E-state index in [-0.39, 0.29) is 34.9 Å². The lowest BCUT2D eigenvalue weighted by Crippen LogP contribution is -2.57. The largest absolute Gasteiger partial charge is 0.446 e. The summed E-state index contributed by atoms with van der Waals surface area (Å²) in [4.78, 5) is 41.3. The Morgan fingerprint density at radius 3 is 2.19 bits per heavy atom. The van der Waals surface area contributed by atoms with Crippen LogP contribution in [0.2, 0.25) is 0 Å². The Morgan fingerprint density at radius 1 is 0.946 bits per heavy atom. The lowest BCUT2D eigenvalue weighted by Gasteiger charge is -2.60. The number of nitrogens with zero attached hydrogens (tertiary/aromatic N) is 2. The van der Waals surface area contributed by atoms with Gasteiger partial charge in [0.1, 0.15) is 11.9 Å². The van der Waals surface area contributed by atoms with Crippen molar-refractivity contribution in [2.24, 2.45) is 46.3 Å². The normalized spacial score (nSPS) is 39.2. The monoisotopic (exact) mass is 518 g/mol. The molecule has 0 aliphatic heterocycles. The summed E-state index contributed by atoms with van der Waals surface area (Å²) < 4.78 is 5.75. The number of Topliss-reactive ketones (excluding diaryl/α,β-unsaturated/α-hetero) is 1. The van der Waals surface area contributed by atoms with Crippen LogP contribution < -0.4 is 0 Å². The van der Waals surface area contributed by atoms with Crippen LogP contribution in [0.3, 0.4) is 0 Å². The van der Waals surface area contributed by atoms with Crippen LogP contribution >= 0.6 is 0 Å². The molecule has 0 aromatic heterocycles. The number of ether oxygens (including phenoxy) is 1. The van der Waals surface area contributed by atoms with Crippen LogP contribution in [0.25, 0.3) is 0 Å². The van der Waals surface area contributed by atoms with Crippen LogP contribution in [0.15, 0.2) is 0 Å². The molecule has 4 rings (SSSR count). The maximum absolute atomic E-state index is 13.7. The lowest BCUT2D eigenvalue weighted by atomic mass is 9.44. The number of amides is 2. The Labute approximate surface area is 226 Å². The van der Waals surface area contributed by atoms with Gasteiger partial charge in [0, 0.05) is 47.0 Å². The van der Waals surface area contributed by atoms with Gasteiger partial charge in [-0.15, -0.1) is 0 Å². The van der Waals surface area contributed by atoms with Crippen molar-refractivity contribution in [3.63, 3.8) is 0 Å². The third kappa shape index (κ3) is 5.59. The van der Waals surface area contributed by atoms with Crippen molar-refractivity contribution in [2.75, 3.05) is 28.2 Å². The van der Waals surface area contributed by atoms with Gasteiger partial charge in [0.2, 0.25) is 5.91 Å². The van der Waals surface area contributed by atoms with Gasteiger partial charge in [0.25, 0.3) is 0 Å². The van der Waals surface area contributed by atoms with E-state index in [4.69, 9.17) is 4.74 Å². The van der Waals surface area contributed by atoms with E-state index in [0.717, 1.165) is 38.5 Å². The van der Waals surface area contributed by atoms with E-state index < -0.39 is 0 Å². The molecule has 0 saturated heterocycles. The minimum absolute atomic E-state index is 0.0669. The first kappa shape index (κ1) is 30.0. The van der Waals surface area contributed by atoms with E-state index in [2.05, 4.69) is 20.8 Å². The van der Waals surface area contributed by atoms with Crippen molar-refractivity contribution >= 4 is 17.8 Å². The summed E-state index contributed by atoms with van der Waals surface area (Å²) in [6.07, 6.45) is 9.34. The van der Waals surface area contributed by atoms with Crippen LogP contribution in [0, 0.1) is 46.3 Å². The van der Waals surface area contributed by atoms with Crippen molar-refractivity contribution in [1.82, 2.24) is 9.80 Å². The highest BCUT2D eigenvalue weighted by Crippen LogP contribution is 2.67. The van der Waals surface area contributed by atoms with Gasteiger partial charge in [0.15, 0.2) is 0 Å². The fourth-order valence-corrected chi connectivity index (χ4v) is 9.00. The molecule has 0 radical (unpaired) electrons. The Hall–Kier alpha value is -1.59. The minimum Gasteiger partial charge on any atom is -0.446 e. The minimum atomic E-state index is -0.273. The second-order valence-corrected chi connectivity index (χ2v) is 13.3. The first-order chi connectivity index (χ1) is 17.4. The molecule has 0 heterocycles. The second kappa shape index (κ2) is 11.7. The molecule has 0 aromatic rings. The first-order valence-corrected chi connectivity index (χ1v) is 15.0. The lowest BCUT2D eigenvalue weighted by molar-refractivity contribution is -0.161. The number of fused-ring (bicyclic) bond motifs is 5. The number of carbonyl (C=O) groups excluding carboxylic acids is 3. The molecule has 4 saturated carbocycles. The van der Waals surface area contributed by atoms with E-state index in [1.165, 1.54) is 17.7 Å². The fraction of sp³-hybridized carbons (Fsp3) is 0.903. The van der Waals surface area contributed by atoms with Gasteiger partial charge < -0.3 is 14.5 Å². The zero-order valence-corrected chi connectivity index (χ0v) is 25.1. The molecule has 4 aliphatic carbocycles. The van der Waals surface area contributed by atoms with Gasteiger partial charge in [-0.05, 0) is 91.8 Å². The number of carbonyl (C=O) groups is 3. The summed E-state index contributed by atoms with van der Waals surface area (Å²) in [6.45, 7) is 11.2. The number of hydrogen-bond acceptors (Lipinski definition) is 4. The quantitative estimate of drug-likeness (QED) is 0.421. The molecule has 0 bridgehead atoms. The van der Waals surface area contributed by atoms with Crippen molar-refractivity contribution in [2.45, 2.75) is 105 Å². The van der Waals surface area contributed by atoms with E-state index in [9.17, 15) is 14.4 Å². The van der Waals surface area contributed by atoms with E-state index in [0.29, 0.717) is 48.2 Å². The molecular formula is C31H54N2O4. The Bertz CT molecular complexity index is 841. The van der Waals surface area contributed by atoms with Crippen LogP contribution in [0.1, 0.15) is 98.8 Å². The Morgan fingerprint density at radius 2 is 1.57 bits per heavy atom. The van der Waals surface area contributed by atoms with Crippen LogP contribution in [0.5, 0.6) is 0 Å². The molecule has 4 aliphatic rings. The smallest absolute Gasteiger partial charge is 0.409 e. The molecule has 212 valence electrons. The summed E-state index contributed by atoms with van der Waals surface area (Å²) >= 11 is 0. The summed E-state index contributed by atoms with van der Waals surface area (Å²) in [5, 5.41) is 0. The number of hydrogen-bond donors (Lipinski definition) is 0. The maximum Gasteiger partial charge on any atom is 0.409 e. The SMILES string of the molecule is CC.CC(CCC(=O)N(C)C)C1CCC2C3C(=O)CC4C[C@H](OC(=O)N(C)C)CCC4(C)C3CCC12C. The van der Waals surface area contributed by atoms with Crippen LogP contribution in [0.4, 0.5) is 4.79 Å². The van der Waals surface area contributed by atoms with E-state index in [1.807, 2.05) is 27.9 Å². The maximum atomic E-state index is 13.7. The van der Waals surface area contributed by atoms with Crippen molar-refractivity contribution in [3.05, 3.63) is 0 Å². The van der Waals surface area contributed by atoms with Crippen molar-refractivity contribution in [1.29, 1.82) is 0 Å². The molecule has 0 spiro atoms. The third-order valence-electron chi connectivity index (χ3n) is 11.1. The van der Waals surface area contributed by atoms with Gasteiger partial charge in [-0.2, -0.15) is 0 Å². The third-order valence-corrected chi connectivity index (χ3v) is 11.1. The average Bonchev–Trinajstić information content (AvgIpc) is 3.21. The van der Waals surface area contributed by atoms with Gasteiger partial charge in [-0.3, -0.25) is 9.59 Å². The molecule has 6 nitrogen and oxygen atoms in total. The molecule has 9 atom stereocenters. The molecule has 0 aromatic carbocycles. The number of ketones is 1. The van der Waals surface area contributed by atoms with Crippen molar-refractivity contribution in [3.8, 4) is 0 Å². The summed E-state index contributed by atoms with van der Waals surface area (Å²) in [6, 6.07) is 0. The van der Waals surface area contributed by atoms with Gasteiger partial charge in [-0.25, -0.2) is 4.79 Å². The highest BCUT2D eigenvalue weighted by atomic mass is 16.6. The van der Waals surface area contributed by atoms with E-state index in [1.54, 1.807) is 19.0 Å². The van der Waals surface area contributed by atoms with Gasteiger partial charge in [0.05, 0.1) is 0 Å². The molecule has 0 N–H and O–H groups in total. The van der Waals surface area contributed by atoms with Gasteiger partial charge in [-0.1, -0.05) is 34.6 Å². The van der Waals surface area contributed by atoms with E-state index >= 15 is 0 Å². The zero-order valence-electron chi connectivity index (χ0n) is 25.1. The molecule has 37 heavy (non-hydrogen) atoms. The topological polar surface area (TPSA) is 66.9 Å². The summed E-state index contributed by atoms with van der Waals surface area (Å²) in [7, 11) is 7.12. The molecule has 6 heteroatoms. The first-order valence-electron chi connectivity index (χ1n) is 15.0. The second-order valence-electron chi connectivity index (χ2n) is 13.3.